The molecule has 7 nitrogen and oxygen atoms in total. The average molecular weight is 465 g/mol. The molecule has 0 aliphatic rings. The molecular formula is C25H26N3O4S-. The molecule has 1 N–H and O–H groups in total. The Morgan fingerprint density at radius 1 is 0.909 bits per heavy atom. The summed E-state index contributed by atoms with van der Waals surface area (Å²) in [5, 5.41) is 2.24. The van der Waals surface area contributed by atoms with Crippen LogP contribution < -0.4 is 9.21 Å². The first-order valence-corrected chi connectivity index (χ1v) is 11.5. The van der Waals surface area contributed by atoms with Gasteiger partial charge < -0.3 is 19.2 Å². The second-order valence-corrected chi connectivity index (χ2v) is 9.75. The SMILES string of the molecule is CN(C)c1cccc2c(N(c3c(C(=O)OC(C)(C)C)[nH]c4ccccc34)S(=O)[O-])cccc12. The fourth-order valence-corrected chi connectivity index (χ4v) is 4.59. The number of esters is 1. The first-order valence-electron chi connectivity index (χ1n) is 10.5. The maximum absolute atomic E-state index is 13.1. The lowest BCUT2D eigenvalue weighted by molar-refractivity contribution is 0.00649. The van der Waals surface area contributed by atoms with Gasteiger partial charge >= 0.3 is 5.97 Å². The fraction of sp³-hybridized carbons (Fsp3) is 0.240. The van der Waals surface area contributed by atoms with Gasteiger partial charge in [-0.2, -0.15) is 0 Å². The zero-order valence-corrected chi connectivity index (χ0v) is 20.0. The number of nitrogens with one attached hydrogen (secondary N) is 1. The molecule has 0 spiro atoms. The van der Waals surface area contributed by atoms with Gasteiger partial charge in [-0.25, -0.2) is 4.79 Å². The Morgan fingerprint density at radius 2 is 1.48 bits per heavy atom. The van der Waals surface area contributed by atoms with Crippen molar-refractivity contribution >= 4 is 56.0 Å². The highest BCUT2D eigenvalue weighted by molar-refractivity contribution is 7.81. The molecule has 0 fully saturated rings. The van der Waals surface area contributed by atoms with Crippen LogP contribution in [0.15, 0.2) is 60.7 Å². The number of rotatable bonds is 5. The Labute approximate surface area is 195 Å². The van der Waals surface area contributed by atoms with Crippen molar-refractivity contribution in [2.24, 2.45) is 0 Å². The highest BCUT2D eigenvalue weighted by atomic mass is 32.2. The number of carbonyl (C=O) groups excluding carboxylic acids is 1. The monoisotopic (exact) mass is 464 g/mol. The van der Waals surface area contributed by atoms with E-state index in [0.29, 0.717) is 16.6 Å². The van der Waals surface area contributed by atoms with Crippen LogP contribution in [-0.2, 0) is 16.0 Å². The molecule has 0 radical (unpaired) electrons. The van der Waals surface area contributed by atoms with Crippen molar-refractivity contribution in [1.29, 1.82) is 0 Å². The van der Waals surface area contributed by atoms with Crippen LogP contribution in [0.25, 0.3) is 21.7 Å². The second kappa shape index (κ2) is 8.53. The number of aromatic amines is 1. The minimum absolute atomic E-state index is 0.0797. The van der Waals surface area contributed by atoms with Gasteiger partial charge in [-0.3, -0.25) is 8.51 Å². The fourth-order valence-electron chi connectivity index (χ4n) is 3.93. The predicted molar refractivity (Wildman–Crippen MR) is 133 cm³/mol. The molecule has 3 aromatic carbocycles. The normalized spacial score (nSPS) is 12.7. The minimum atomic E-state index is -2.72. The lowest BCUT2D eigenvalue weighted by Gasteiger charge is -2.29. The largest absolute Gasteiger partial charge is 0.755 e. The lowest BCUT2D eigenvalue weighted by atomic mass is 10.1. The molecule has 1 aromatic heterocycles. The quantitative estimate of drug-likeness (QED) is 0.321. The van der Waals surface area contributed by atoms with E-state index in [2.05, 4.69) is 4.98 Å². The summed E-state index contributed by atoms with van der Waals surface area (Å²) in [6, 6.07) is 18.4. The molecule has 1 atom stereocenters. The summed E-state index contributed by atoms with van der Waals surface area (Å²) in [6.07, 6.45) is 0. The van der Waals surface area contributed by atoms with Crippen molar-refractivity contribution in [1.82, 2.24) is 4.98 Å². The second-order valence-electron chi connectivity index (χ2n) is 8.95. The van der Waals surface area contributed by atoms with Gasteiger partial charge in [0.15, 0.2) is 5.69 Å². The molecule has 4 rings (SSSR count). The van der Waals surface area contributed by atoms with Crippen molar-refractivity contribution in [3.05, 3.63) is 66.4 Å². The third-order valence-electron chi connectivity index (χ3n) is 5.21. The van der Waals surface area contributed by atoms with Crippen LogP contribution >= 0.6 is 0 Å². The number of aromatic nitrogens is 1. The van der Waals surface area contributed by atoms with E-state index < -0.39 is 22.8 Å². The Balaban J connectivity index is 2.02. The van der Waals surface area contributed by atoms with Gasteiger partial charge in [0.2, 0.25) is 0 Å². The van der Waals surface area contributed by atoms with Gasteiger partial charge in [-0.05, 0) is 39.0 Å². The molecule has 0 aliphatic carbocycles. The van der Waals surface area contributed by atoms with E-state index in [9.17, 15) is 13.6 Å². The molecule has 8 heteroatoms. The van der Waals surface area contributed by atoms with Crippen molar-refractivity contribution in [3.63, 3.8) is 0 Å². The Kier molecular flexibility index (Phi) is 5.90. The maximum atomic E-state index is 13.1. The number of para-hydroxylation sites is 1. The minimum Gasteiger partial charge on any atom is -0.755 e. The Bertz CT molecular complexity index is 1370. The molecule has 0 saturated heterocycles. The van der Waals surface area contributed by atoms with Crippen LogP contribution in [0.2, 0.25) is 0 Å². The highest BCUT2D eigenvalue weighted by Crippen LogP contribution is 2.41. The van der Waals surface area contributed by atoms with Crippen LogP contribution in [0, 0.1) is 0 Å². The lowest BCUT2D eigenvalue weighted by Crippen LogP contribution is -2.27. The molecule has 0 amide bonds. The summed E-state index contributed by atoms with van der Waals surface area (Å²) in [7, 11) is 3.87. The van der Waals surface area contributed by atoms with Crippen LogP contribution in [0.4, 0.5) is 17.1 Å². The zero-order chi connectivity index (χ0) is 23.9. The summed E-state index contributed by atoms with van der Waals surface area (Å²) < 4.78 is 32.2. The predicted octanol–water partition coefficient (Wildman–Crippen LogP) is 5.27. The number of fused-ring (bicyclic) bond motifs is 2. The summed E-state index contributed by atoms with van der Waals surface area (Å²) >= 11 is -2.72. The third-order valence-corrected chi connectivity index (χ3v) is 5.89. The van der Waals surface area contributed by atoms with Crippen molar-refractivity contribution in [2.45, 2.75) is 26.4 Å². The molecule has 172 valence electrons. The molecule has 4 aromatic rings. The molecular weight excluding hydrogens is 438 g/mol. The summed E-state index contributed by atoms with van der Waals surface area (Å²) in [5.41, 5.74) is 1.61. The zero-order valence-electron chi connectivity index (χ0n) is 19.2. The van der Waals surface area contributed by atoms with Crippen molar-refractivity contribution < 1.29 is 18.3 Å². The van der Waals surface area contributed by atoms with E-state index in [1.165, 1.54) is 4.31 Å². The molecule has 0 aliphatic heterocycles. The standard InChI is InChI=1S/C25H27N3O4S/c1-25(2,3)32-24(29)22-23(18-10-6-7-13-19(18)26-22)28(33(30)31)21-15-9-11-16-17(21)12-8-14-20(16)27(4)5/h6-15,26H,1-5H3,(H,30,31)/p-1. The number of nitrogens with zero attached hydrogens (tertiary/aromatic N) is 2. The van der Waals surface area contributed by atoms with E-state index in [-0.39, 0.29) is 11.4 Å². The summed E-state index contributed by atoms with van der Waals surface area (Å²) in [6.45, 7) is 5.30. The van der Waals surface area contributed by atoms with Crippen LogP contribution in [0.5, 0.6) is 0 Å². The van der Waals surface area contributed by atoms with Crippen LogP contribution in [-0.4, -0.2) is 39.4 Å². The van der Waals surface area contributed by atoms with Gasteiger partial charge in [-0.1, -0.05) is 42.5 Å². The van der Waals surface area contributed by atoms with Crippen LogP contribution in [0.3, 0.4) is 0 Å². The third kappa shape index (κ3) is 4.31. The summed E-state index contributed by atoms with van der Waals surface area (Å²) in [4.78, 5) is 18.2. The first kappa shape index (κ1) is 22.8. The topological polar surface area (TPSA) is 88.7 Å². The number of H-pyrrole nitrogens is 1. The molecule has 33 heavy (non-hydrogen) atoms. The van der Waals surface area contributed by atoms with Gasteiger partial charge in [-0.15, -0.1) is 0 Å². The van der Waals surface area contributed by atoms with Gasteiger partial charge in [0.05, 0.1) is 22.6 Å². The maximum Gasteiger partial charge on any atom is 0.357 e. The van der Waals surface area contributed by atoms with E-state index in [0.717, 1.165) is 16.5 Å². The molecule has 1 unspecified atom stereocenters. The highest BCUT2D eigenvalue weighted by Gasteiger charge is 2.29. The van der Waals surface area contributed by atoms with Gasteiger partial charge in [0, 0.05) is 41.5 Å². The molecule has 0 bridgehead atoms. The van der Waals surface area contributed by atoms with E-state index >= 15 is 0 Å². The number of hydrogen-bond acceptors (Lipinski definition) is 5. The Morgan fingerprint density at radius 3 is 2.09 bits per heavy atom. The van der Waals surface area contributed by atoms with Crippen molar-refractivity contribution in [2.75, 3.05) is 23.3 Å². The smallest absolute Gasteiger partial charge is 0.357 e. The van der Waals surface area contributed by atoms with E-state index in [4.69, 9.17) is 4.74 Å². The number of ether oxygens (including phenoxy) is 1. The number of carbonyl (C=O) groups is 1. The van der Waals surface area contributed by atoms with Crippen molar-refractivity contribution in [3.8, 4) is 0 Å². The molecule has 1 heterocycles. The average Bonchev–Trinajstić information content (AvgIpc) is 3.12. The van der Waals surface area contributed by atoms with Gasteiger partial charge in [0.25, 0.3) is 0 Å². The Hall–Kier alpha value is -3.36. The van der Waals surface area contributed by atoms with E-state index in [1.807, 2.05) is 55.4 Å². The van der Waals surface area contributed by atoms with E-state index in [1.54, 1.807) is 45.0 Å². The van der Waals surface area contributed by atoms with Gasteiger partial charge in [0.1, 0.15) is 5.60 Å². The first-order chi connectivity index (χ1) is 15.6. The molecule has 0 saturated carbocycles. The van der Waals surface area contributed by atoms with Crippen LogP contribution in [0.1, 0.15) is 31.3 Å². The number of hydrogen-bond donors (Lipinski definition) is 1. The summed E-state index contributed by atoms with van der Waals surface area (Å²) in [5.74, 6) is -0.627. The number of anilines is 3. The number of benzene rings is 3.